The van der Waals surface area contributed by atoms with Crippen molar-refractivity contribution in [2.45, 2.75) is 32.2 Å². The summed E-state index contributed by atoms with van der Waals surface area (Å²) in [6, 6.07) is 6.07. The summed E-state index contributed by atoms with van der Waals surface area (Å²) in [7, 11) is 0. The van der Waals surface area contributed by atoms with Gasteiger partial charge < -0.3 is 9.47 Å². The fourth-order valence-corrected chi connectivity index (χ4v) is 3.42. The largest absolute Gasteiger partial charge is 0.339 e. The first kappa shape index (κ1) is 17.5. The molecule has 0 spiro atoms. The van der Waals surface area contributed by atoms with Crippen molar-refractivity contribution in [2.24, 2.45) is 0 Å². The zero-order valence-electron chi connectivity index (χ0n) is 14.1. The third kappa shape index (κ3) is 4.04. The SMILES string of the molecule is CCn1c(C2CCN(C(=O)/C=C/c3ccc(F)cc3)CC2)n[nH]c1=S. The van der Waals surface area contributed by atoms with Crippen LogP contribution in [0.5, 0.6) is 0 Å². The van der Waals surface area contributed by atoms with E-state index >= 15 is 0 Å². The summed E-state index contributed by atoms with van der Waals surface area (Å²) in [6.45, 7) is 4.24. The number of aromatic nitrogens is 3. The molecule has 0 bridgehead atoms. The van der Waals surface area contributed by atoms with Gasteiger partial charge in [-0.05, 0) is 55.8 Å². The van der Waals surface area contributed by atoms with Gasteiger partial charge in [0, 0.05) is 31.6 Å². The van der Waals surface area contributed by atoms with Crippen molar-refractivity contribution in [3.63, 3.8) is 0 Å². The highest BCUT2D eigenvalue weighted by atomic mass is 32.1. The Labute approximate surface area is 151 Å². The molecule has 2 aromatic rings. The average molecular weight is 360 g/mol. The van der Waals surface area contributed by atoms with Crippen LogP contribution in [0.4, 0.5) is 4.39 Å². The molecule has 2 heterocycles. The van der Waals surface area contributed by atoms with Crippen molar-refractivity contribution in [1.82, 2.24) is 19.7 Å². The van der Waals surface area contributed by atoms with Crippen LogP contribution in [0.3, 0.4) is 0 Å². The van der Waals surface area contributed by atoms with Crippen molar-refractivity contribution in [3.05, 3.63) is 52.3 Å². The zero-order chi connectivity index (χ0) is 17.8. The average Bonchev–Trinajstić information content (AvgIpc) is 3.01. The van der Waals surface area contributed by atoms with Crippen molar-refractivity contribution >= 4 is 24.2 Å². The number of benzene rings is 1. The molecule has 1 aromatic heterocycles. The smallest absolute Gasteiger partial charge is 0.246 e. The lowest BCUT2D eigenvalue weighted by Gasteiger charge is -2.31. The molecule has 0 radical (unpaired) electrons. The summed E-state index contributed by atoms with van der Waals surface area (Å²) in [5, 5.41) is 7.22. The molecule has 1 aliphatic heterocycles. The minimum Gasteiger partial charge on any atom is -0.339 e. The van der Waals surface area contributed by atoms with Gasteiger partial charge in [0.25, 0.3) is 0 Å². The number of H-pyrrole nitrogens is 1. The van der Waals surface area contributed by atoms with E-state index < -0.39 is 0 Å². The molecule has 7 heteroatoms. The van der Waals surface area contributed by atoms with Crippen LogP contribution in [0.2, 0.25) is 0 Å². The van der Waals surface area contributed by atoms with E-state index in [0.717, 1.165) is 30.8 Å². The highest BCUT2D eigenvalue weighted by molar-refractivity contribution is 7.71. The molecule has 0 aliphatic carbocycles. The number of hydrogen-bond acceptors (Lipinski definition) is 3. The Hall–Kier alpha value is -2.28. The second-order valence-electron chi connectivity index (χ2n) is 6.12. The maximum absolute atomic E-state index is 12.9. The number of carbonyl (C=O) groups is 1. The van der Waals surface area contributed by atoms with Crippen molar-refractivity contribution in [1.29, 1.82) is 0 Å². The maximum atomic E-state index is 12.9. The standard InChI is InChI=1S/C18H21FN4OS/c1-2-23-17(20-21-18(23)25)14-9-11-22(12-10-14)16(24)8-5-13-3-6-15(19)7-4-13/h3-8,14H,2,9-12H2,1H3,(H,21,25)/b8-5+. The first-order chi connectivity index (χ1) is 12.1. The van der Waals surface area contributed by atoms with E-state index in [1.807, 2.05) is 16.4 Å². The lowest BCUT2D eigenvalue weighted by Crippen LogP contribution is -2.37. The molecule has 1 amide bonds. The van der Waals surface area contributed by atoms with Crippen LogP contribution in [0.25, 0.3) is 6.08 Å². The van der Waals surface area contributed by atoms with Gasteiger partial charge in [-0.15, -0.1) is 0 Å². The minimum absolute atomic E-state index is 0.0165. The predicted molar refractivity (Wildman–Crippen MR) is 97.1 cm³/mol. The predicted octanol–water partition coefficient (Wildman–Crippen LogP) is 3.52. The minimum atomic E-state index is -0.282. The molecule has 5 nitrogen and oxygen atoms in total. The van der Waals surface area contributed by atoms with E-state index in [1.165, 1.54) is 12.1 Å². The zero-order valence-corrected chi connectivity index (χ0v) is 14.9. The molecular formula is C18H21FN4OS. The Bertz CT molecular complexity index is 816. The van der Waals surface area contributed by atoms with Gasteiger partial charge in [-0.25, -0.2) is 4.39 Å². The molecular weight excluding hydrogens is 339 g/mol. The van der Waals surface area contributed by atoms with Crippen LogP contribution in [-0.2, 0) is 11.3 Å². The van der Waals surface area contributed by atoms with E-state index in [9.17, 15) is 9.18 Å². The fraction of sp³-hybridized carbons (Fsp3) is 0.389. The quantitative estimate of drug-likeness (QED) is 0.670. The molecule has 1 fully saturated rings. The lowest BCUT2D eigenvalue weighted by atomic mass is 9.96. The Morgan fingerprint density at radius 1 is 1.36 bits per heavy atom. The number of hydrogen-bond donors (Lipinski definition) is 1. The van der Waals surface area contributed by atoms with Gasteiger partial charge in [0.2, 0.25) is 5.91 Å². The van der Waals surface area contributed by atoms with E-state index in [2.05, 4.69) is 10.2 Å². The van der Waals surface area contributed by atoms with Gasteiger partial charge in [0.1, 0.15) is 11.6 Å². The molecule has 0 atom stereocenters. The fourth-order valence-electron chi connectivity index (χ4n) is 3.15. The second kappa shape index (κ2) is 7.74. The summed E-state index contributed by atoms with van der Waals surface area (Å²) in [5.74, 6) is 1.01. The third-order valence-corrected chi connectivity index (χ3v) is 4.88. The van der Waals surface area contributed by atoms with Gasteiger partial charge in [-0.1, -0.05) is 12.1 Å². The summed E-state index contributed by atoms with van der Waals surface area (Å²) in [4.78, 5) is 14.2. The van der Waals surface area contributed by atoms with E-state index in [1.54, 1.807) is 24.3 Å². The van der Waals surface area contributed by atoms with E-state index in [0.29, 0.717) is 23.8 Å². The van der Waals surface area contributed by atoms with E-state index in [4.69, 9.17) is 12.2 Å². The van der Waals surface area contributed by atoms with Gasteiger partial charge in [0.05, 0.1) is 0 Å². The summed E-state index contributed by atoms with van der Waals surface area (Å²) in [6.07, 6.45) is 5.01. The second-order valence-corrected chi connectivity index (χ2v) is 6.50. The van der Waals surface area contributed by atoms with Crippen LogP contribution in [-0.4, -0.2) is 38.7 Å². The number of nitrogens with one attached hydrogen (secondary N) is 1. The number of piperidine rings is 1. The maximum Gasteiger partial charge on any atom is 0.246 e. The Balaban J connectivity index is 1.59. The van der Waals surface area contributed by atoms with Gasteiger partial charge in [-0.2, -0.15) is 5.10 Å². The van der Waals surface area contributed by atoms with Crippen LogP contribution in [0.15, 0.2) is 30.3 Å². The van der Waals surface area contributed by atoms with Crippen molar-refractivity contribution in [2.75, 3.05) is 13.1 Å². The monoisotopic (exact) mass is 360 g/mol. The van der Waals surface area contributed by atoms with Crippen molar-refractivity contribution < 1.29 is 9.18 Å². The Morgan fingerprint density at radius 2 is 2.04 bits per heavy atom. The van der Waals surface area contributed by atoms with Gasteiger partial charge >= 0.3 is 0 Å². The molecule has 1 N–H and O–H groups in total. The highest BCUT2D eigenvalue weighted by Crippen LogP contribution is 2.27. The first-order valence-electron chi connectivity index (χ1n) is 8.46. The van der Waals surface area contributed by atoms with Gasteiger partial charge in [-0.3, -0.25) is 9.89 Å². The normalized spacial score (nSPS) is 15.8. The van der Waals surface area contributed by atoms with Crippen LogP contribution < -0.4 is 0 Å². The third-order valence-electron chi connectivity index (χ3n) is 4.56. The molecule has 1 saturated heterocycles. The first-order valence-corrected chi connectivity index (χ1v) is 8.87. The topological polar surface area (TPSA) is 53.9 Å². The Morgan fingerprint density at radius 3 is 2.68 bits per heavy atom. The van der Waals surface area contributed by atoms with Crippen LogP contribution in [0.1, 0.15) is 37.1 Å². The number of carbonyl (C=O) groups excluding carboxylic acids is 1. The van der Waals surface area contributed by atoms with E-state index in [-0.39, 0.29) is 11.7 Å². The van der Waals surface area contributed by atoms with Crippen LogP contribution in [0, 0.1) is 10.6 Å². The number of rotatable bonds is 4. The lowest BCUT2D eigenvalue weighted by molar-refractivity contribution is -0.127. The molecule has 132 valence electrons. The molecule has 0 unspecified atom stereocenters. The number of halogens is 1. The number of amides is 1. The summed E-state index contributed by atoms with van der Waals surface area (Å²) < 4.78 is 15.6. The molecule has 1 aliphatic rings. The molecule has 25 heavy (non-hydrogen) atoms. The molecule has 0 saturated carbocycles. The summed E-state index contributed by atoms with van der Waals surface area (Å²) >= 11 is 5.24. The van der Waals surface area contributed by atoms with Crippen molar-refractivity contribution in [3.8, 4) is 0 Å². The van der Waals surface area contributed by atoms with Gasteiger partial charge in [0.15, 0.2) is 4.77 Å². The summed E-state index contributed by atoms with van der Waals surface area (Å²) in [5.41, 5.74) is 0.808. The number of likely N-dealkylation sites (tertiary alicyclic amines) is 1. The van der Waals surface area contributed by atoms with Crippen LogP contribution >= 0.6 is 12.2 Å². The molecule has 1 aromatic carbocycles. The number of nitrogens with zero attached hydrogens (tertiary/aromatic N) is 3. The molecule has 3 rings (SSSR count). The highest BCUT2D eigenvalue weighted by Gasteiger charge is 2.26. The Kier molecular flexibility index (Phi) is 5.43. The number of aromatic amines is 1.